The monoisotopic (exact) mass is 168 g/mol. The summed E-state index contributed by atoms with van der Waals surface area (Å²) in [6, 6.07) is 9.36. The Morgan fingerprint density at radius 2 is 2.00 bits per heavy atom. The fraction of sp³-hybridized carbons (Fsp3) is 0.125. The van der Waals surface area contributed by atoms with E-state index in [-0.39, 0.29) is 5.91 Å². The van der Waals surface area contributed by atoms with Crippen LogP contribution in [0.4, 0.5) is 5.69 Å². The van der Waals surface area contributed by atoms with Crippen molar-refractivity contribution >= 4 is 24.2 Å². The molecule has 0 atom stereocenters. The summed E-state index contributed by atoms with van der Waals surface area (Å²) < 4.78 is 0. The van der Waals surface area contributed by atoms with Crippen molar-refractivity contribution in [3.63, 3.8) is 0 Å². The lowest BCUT2D eigenvalue weighted by Crippen LogP contribution is -2.13. The number of amides is 1. The summed E-state index contributed by atoms with van der Waals surface area (Å²) >= 11 is 3.11. The fourth-order valence-electron chi connectivity index (χ4n) is 0.727. The highest BCUT2D eigenvalue weighted by atomic mass is 32.1. The third kappa shape index (κ3) is 2.63. The minimum absolute atomic E-state index is 0.0344. The number of rotatable bonds is 2. The van der Waals surface area contributed by atoms with Gasteiger partial charge in [-0.2, -0.15) is 0 Å². The quantitative estimate of drug-likeness (QED) is 0.645. The van der Waals surface area contributed by atoms with Gasteiger partial charge in [-0.25, -0.2) is 0 Å². The summed E-state index contributed by atoms with van der Waals surface area (Å²) in [5.41, 5.74) is 0.829. The SMILES string of the molecule is O=C(C[SH2+])Nc1ccccc1. The molecule has 1 N–H and O–H groups in total. The van der Waals surface area contributed by atoms with Crippen molar-refractivity contribution in [2.75, 3.05) is 11.1 Å². The standard InChI is InChI=1S/C8H9NOS/c10-8(6-11)9-7-4-2-1-3-5-7/h1-5,11H,6H2,(H,9,10)/p+1. The Morgan fingerprint density at radius 3 is 2.55 bits per heavy atom. The van der Waals surface area contributed by atoms with Crippen LogP contribution < -0.4 is 5.32 Å². The third-order valence-electron chi connectivity index (χ3n) is 1.22. The first-order valence-corrected chi connectivity index (χ1v) is 4.03. The summed E-state index contributed by atoms with van der Waals surface area (Å²) in [5, 5.41) is 2.70. The van der Waals surface area contributed by atoms with Crippen LogP contribution in [0.5, 0.6) is 0 Å². The number of benzene rings is 1. The van der Waals surface area contributed by atoms with Gasteiger partial charge >= 0.3 is 0 Å². The lowest BCUT2D eigenvalue weighted by atomic mass is 10.3. The molecule has 0 aliphatic carbocycles. The Kier molecular flexibility index (Phi) is 2.98. The molecule has 0 saturated carbocycles. The molecule has 0 fully saturated rings. The van der Waals surface area contributed by atoms with E-state index in [2.05, 4.69) is 17.9 Å². The molecule has 0 spiro atoms. The molecule has 0 radical (unpaired) electrons. The van der Waals surface area contributed by atoms with Crippen LogP contribution in [0.3, 0.4) is 0 Å². The highest BCUT2D eigenvalue weighted by Crippen LogP contribution is 2.03. The lowest BCUT2D eigenvalue weighted by Gasteiger charge is -1.98. The largest absolute Gasteiger partial charge is 0.322 e. The molecular weight excluding hydrogens is 158 g/mol. The first kappa shape index (κ1) is 8.14. The molecule has 1 aromatic carbocycles. The molecular formula is C8H10NOS+. The van der Waals surface area contributed by atoms with E-state index < -0.39 is 0 Å². The average molecular weight is 168 g/mol. The number of hydrogen-bond acceptors (Lipinski definition) is 1. The smallest absolute Gasteiger partial charge is 0.273 e. The molecule has 0 heterocycles. The summed E-state index contributed by atoms with van der Waals surface area (Å²) in [6.45, 7) is 0. The lowest BCUT2D eigenvalue weighted by molar-refractivity contribution is -0.113. The molecule has 0 aliphatic heterocycles. The molecule has 11 heavy (non-hydrogen) atoms. The number of nitrogens with one attached hydrogen (secondary N) is 1. The number of hydrogen-bond donors (Lipinski definition) is 1. The first-order valence-electron chi connectivity index (χ1n) is 3.32. The normalized spacial score (nSPS) is 9.18. The van der Waals surface area contributed by atoms with Crippen molar-refractivity contribution in [2.45, 2.75) is 0 Å². The van der Waals surface area contributed by atoms with Gasteiger partial charge in [0.15, 0.2) is 5.75 Å². The van der Waals surface area contributed by atoms with Crippen LogP contribution in [-0.4, -0.2) is 11.7 Å². The van der Waals surface area contributed by atoms with Crippen LogP contribution in [0.15, 0.2) is 30.3 Å². The summed E-state index contributed by atoms with van der Waals surface area (Å²) in [6.07, 6.45) is 0. The van der Waals surface area contributed by atoms with E-state index in [9.17, 15) is 4.79 Å². The predicted molar refractivity (Wildman–Crippen MR) is 50.1 cm³/mol. The van der Waals surface area contributed by atoms with E-state index in [4.69, 9.17) is 0 Å². The van der Waals surface area contributed by atoms with Gasteiger partial charge in [-0.15, -0.1) is 0 Å². The molecule has 0 aliphatic rings. The molecule has 2 nitrogen and oxygen atoms in total. The second-order valence-electron chi connectivity index (χ2n) is 2.09. The summed E-state index contributed by atoms with van der Waals surface area (Å²) in [4.78, 5) is 10.8. The van der Waals surface area contributed by atoms with Gasteiger partial charge in [0.1, 0.15) is 0 Å². The van der Waals surface area contributed by atoms with Crippen molar-refractivity contribution in [2.24, 2.45) is 0 Å². The topological polar surface area (TPSA) is 29.1 Å². The highest BCUT2D eigenvalue weighted by Gasteiger charge is 1.99. The van der Waals surface area contributed by atoms with Gasteiger partial charge in [0.25, 0.3) is 5.91 Å². The minimum Gasteiger partial charge on any atom is -0.322 e. The Hall–Kier alpha value is -0.960. The number of para-hydroxylation sites is 1. The molecule has 1 amide bonds. The maximum atomic E-state index is 10.8. The zero-order valence-corrected chi connectivity index (χ0v) is 7.00. The van der Waals surface area contributed by atoms with E-state index in [1.54, 1.807) is 0 Å². The first-order chi connectivity index (χ1) is 5.33. The minimum atomic E-state index is -0.0344. The molecule has 58 valence electrons. The maximum absolute atomic E-state index is 10.8. The molecule has 0 unspecified atom stereocenters. The fourth-order valence-corrected chi connectivity index (χ4v) is 0.815. The Labute approximate surface area is 71.0 Å². The Balaban J connectivity index is 2.58. The molecule has 1 aromatic rings. The number of carbonyl (C=O) groups excluding carboxylic acids is 1. The molecule has 0 bridgehead atoms. The summed E-state index contributed by atoms with van der Waals surface area (Å²) in [5.74, 6) is 0.294. The number of anilines is 1. The van der Waals surface area contributed by atoms with Gasteiger partial charge in [-0.1, -0.05) is 18.2 Å². The van der Waals surface area contributed by atoms with Crippen molar-refractivity contribution in [1.82, 2.24) is 0 Å². The van der Waals surface area contributed by atoms with Crippen LogP contribution >= 0.6 is 0 Å². The maximum Gasteiger partial charge on any atom is 0.273 e. The van der Waals surface area contributed by atoms with Crippen LogP contribution in [0.2, 0.25) is 0 Å². The second-order valence-corrected chi connectivity index (χ2v) is 2.44. The Morgan fingerprint density at radius 1 is 1.36 bits per heavy atom. The zero-order valence-electron chi connectivity index (χ0n) is 6.00. The number of carbonyl (C=O) groups is 1. The van der Waals surface area contributed by atoms with E-state index in [0.29, 0.717) is 5.75 Å². The molecule has 1 rings (SSSR count). The molecule has 0 saturated heterocycles. The van der Waals surface area contributed by atoms with Crippen LogP contribution in [0, 0.1) is 0 Å². The second kappa shape index (κ2) is 4.03. The van der Waals surface area contributed by atoms with Gasteiger partial charge in [-0.3, -0.25) is 4.79 Å². The van der Waals surface area contributed by atoms with E-state index in [0.717, 1.165) is 5.69 Å². The van der Waals surface area contributed by atoms with Crippen molar-refractivity contribution in [3.8, 4) is 0 Å². The van der Waals surface area contributed by atoms with Crippen molar-refractivity contribution in [1.29, 1.82) is 0 Å². The van der Waals surface area contributed by atoms with Crippen LogP contribution in [0.25, 0.3) is 0 Å². The van der Waals surface area contributed by atoms with Gasteiger partial charge in [0, 0.05) is 5.69 Å². The van der Waals surface area contributed by atoms with E-state index in [1.165, 1.54) is 0 Å². The average Bonchev–Trinajstić information content (AvgIpc) is 2.06. The summed E-state index contributed by atoms with van der Waals surface area (Å²) in [7, 11) is 0. The van der Waals surface area contributed by atoms with Crippen molar-refractivity contribution in [3.05, 3.63) is 30.3 Å². The van der Waals surface area contributed by atoms with Crippen molar-refractivity contribution < 1.29 is 4.79 Å². The third-order valence-corrected chi connectivity index (χ3v) is 1.54. The zero-order chi connectivity index (χ0) is 8.10. The van der Waals surface area contributed by atoms with E-state index in [1.807, 2.05) is 30.3 Å². The molecule has 0 aromatic heterocycles. The van der Waals surface area contributed by atoms with Crippen LogP contribution in [0.1, 0.15) is 0 Å². The molecule has 3 heteroatoms. The van der Waals surface area contributed by atoms with Gasteiger partial charge in [0.05, 0.1) is 0 Å². The Bertz CT molecular complexity index is 235. The van der Waals surface area contributed by atoms with Gasteiger partial charge in [0.2, 0.25) is 0 Å². The van der Waals surface area contributed by atoms with Gasteiger partial charge in [-0.05, 0) is 24.8 Å². The predicted octanol–water partition coefficient (Wildman–Crippen LogP) is 0.637. The van der Waals surface area contributed by atoms with Gasteiger partial charge < -0.3 is 5.32 Å². The van der Waals surface area contributed by atoms with E-state index >= 15 is 0 Å². The van der Waals surface area contributed by atoms with Crippen LogP contribution in [-0.2, 0) is 17.4 Å². The highest BCUT2D eigenvalue weighted by molar-refractivity contribution is 7.59.